The van der Waals surface area contributed by atoms with Crippen molar-refractivity contribution in [3.8, 4) is 0 Å². The Morgan fingerprint density at radius 1 is 1.27 bits per heavy atom. The Morgan fingerprint density at radius 2 is 2.00 bits per heavy atom. The molecule has 2 N–H and O–H groups in total. The molecule has 0 saturated heterocycles. The average molecular weight is 375 g/mol. The Morgan fingerprint density at radius 3 is 2.69 bits per heavy atom. The molecule has 3 rings (SSSR count). The number of ether oxygens (including phenoxy) is 1. The molecular weight excluding hydrogens is 359 g/mol. The molecule has 7 heteroatoms. The summed E-state index contributed by atoms with van der Waals surface area (Å²) in [4.78, 5) is 15.0. The highest BCUT2D eigenvalue weighted by Gasteiger charge is 2.13. The minimum atomic E-state index is -1.41. The lowest BCUT2D eigenvalue weighted by atomic mass is 10.1. The van der Waals surface area contributed by atoms with E-state index < -0.39 is 18.1 Å². The zero-order valence-corrected chi connectivity index (χ0v) is 14.8. The number of nitrogens with zero attached hydrogens (tertiary/aromatic N) is 1. The number of carbonyl (C=O) groups is 1. The van der Waals surface area contributed by atoms with Gasteiger partial charge in [-0.3, -0.25) is 0 Å². The first-order valence-corrected chi connectivity index (χ1v) is 8.25. The van der Waals surface area contributed by atoms with Gasteiger partial charge in [-0.2, -0.15) is 0 Å². The van der Waals surface area contributed by atoms with E-state index in [0.717, 1.165) is 10.9 Å². The molecule has 0 aliphatic carbocycles. The summed E-state index contributed by atoms with van der Waals surface area (Å²) in [5.74, 6) is -0.0907. The quantitative estimate of drug-likeness (QED) is 0.562. The van der Waals surface area contributed by atoms with Gasteiger partial charge >= 0.3 is 6.16 Å². The molecule has 26 heavy (non-hydrogen) atoms. The summed E-state index contributed by atoms with van der Waals surface area (Å²) in [5, 5.41) is 13.0. The lowest BCUT2D eigenvalue weighted by Gasteiger charge is -2.13. The second-order valence-electron chi connectivity index (χ2n) is 5.85. The first-order valence-electron chi connectivity index (χ1n) is 7.87. The Kier molecular flexibility index (Phi) is 4.95. The maximum absolute atomic E-state index is 14.4. The van der Waals surface area contributed by atoms with E-state index in [1.54, 1.807) is 12.1 Å². The Labute approximate surface area is 154 Å². The number of aromatic nitrogens is 1. The number of benzene rings is 2. The second kappa shape index (κ2) is 7.17. The van der Waals surface area contributed by atoms with Crippen LogP contribution in [-0.2, 0) is 4.74 Å². The molecule has 0 radical (unpaired) electrons. The molecular formula is C19H16ClFN2O3. The van der Waals surface area contributed by atoms with Crippen molar-refractivity contribution in [1.82, 2.24) is 4.98 Å². The summed E-state index contributed by atoms with van der Waals surface area (Å²) in [6, 6.07) is 11.8. The molecule has 0 saturated carbocycles. The van der Waals surface area contributed by atoms with Crippen molar-refractivity contribution in [2.24, 2.45) is 0 Å². The van der Waals surface area contributed by atoms with Crippen LogP contribution in [0.5, 0.6) is 0 Å². The van der Waals surface area contributed by atoms with E-state index in [9.17, 15) is 9.18 Å². The van der Waals surface area contributed by atoms with Crippen LogP contribution < -0.4 is 5.32 Å². The molecule has 0 aliphatic heterocycles. The fourth-order valence-corrected chi connectivity index (χ4v) is 2.78. The van der Waals surface area contributed by atoms with Gasteiger partial charge in [0.2, 0.25) is 0 Å². The van der Waals surface area contributed by atoms with E-state index in [-0.39, 0.29) is 5.69 Å². The smallest absolute Gasteiger partial charge is 0.450 e. The van der Waals surface area contributed by atoms with Crippen LogP contribution in [0.3, 0.4) is 0 Å². The van der Waals surface area contributed by atoms with Crippen LogP contribution in [0.4, 0.5) is 20.7 Å². The third-order valence-corrected chi connectivity index (χ3v) is 4.47. The number of fused-ring (bicyclic) bond motifs is 1. The minimum Gasteiger partial charge on any atom is -0.450 e. The highest BCUT2D eigenvalue weighted by molar-refractivity contribution is 6.35. The highest BCUT2D eigenvalue weighted by Crippen LogP contribution is 2.29. The summed E-state index contributed by atoms with van der Waals surface area (Å²) >= 11 is 6.30. The van der Waals surface area contributed by atoms with Gasteiger partial charge < -0.3 is 15.2 Å². The van der Waals surface area contributed by atoms with Crippen LogP contribution in [0.15, 0.2) is 42.5 Å². The first kappa shape index (κ1) is 17.9. The fraction of sp³-hybridized carbons (Fsp3) is 0.158. The van der Waals surface area contributed by atoms with Gasteiger partial charge in [-0.05, 0) is 49.2 Å². The van der Waals surface area contributed by atoms with E-state index in [2.05, 4.69) is 15.0 Å². The Hall–Kier alpha value is -2.86. The Bertz CT molecular complexity index is 994. The van der Waals surface area contributed by atoms with Gasteiger partial charge in [0, 0.05) is 5.39 Å². The Balaban J connectivity index is 1.88. The van der Waals surface area contributed by atoms with Crippen LogP contribution in [0, 0.1) is 12.7 Å². The lowest BCUT2D eigenvalue weighted by molar-refractivity contribution is 0.0586. The summed E-state index contributed by atoms with van der Waals surface area (Å²) in [5.41, 5.74) is 2.18. The lowest BCUT2D eigenvalue weighted by Crippen LogP contribution is -2.06. The summed E-state index contributed by atoms with van der Waals surface area (Å²) in [7, 11) is 0. The molecule has 0 spiro atoms. The largest absolute Gasteiger partial charge is 0.506 e. The van der Waals surface area contributed by atoms with E-state index in [4.69, 9.17) is 16.7 Å². The maximum atomic E-state index is 14.4. The predicted molar refractivity (Wildman–Crippen MR) is 98.7 cm³/mol. The molecule has 5 nitrogen and oxygen atoms in total. The number of nitrogens with one attached hydrogen (secondary N) is 1. The van der Waals surface area contributed by atoms with Gasteiger partial charge in [-0.25, -0.2) is 14.2 Å². The van der Waals surface area contributed by atoms with Gasteiger partial charge in [0.05, 0.1) is 16.2 Å². The summed E-state index contributed by atoms with van der Waals surface area (Å²) in [6.07, 6.45) is -2.18. The highest BCUT2D eigenvalue weighted by atomic mass is 35.5. The van der Waals surface area contributed by atoms with Gasteiger partial charge in [0.1, 0.15) is 17.7 Å². The maximum Gasteiger partial charge on any atom is 0.506 e. The van der Waals surface area contributed by atoms with E-state index in [0.29, 0.717) is 21.9 Å². The van der Waals surface area contributed by atoms with Gasteiger partial charge in [-0.1, -0.05) is 29.8 Å². The van der Waals surface area contributed by atoms with E-state index >= 15 is 0 Å². The number of aryl methyl sites for hydroxylation is 1. The number of carboxylic acid groups (broad SMARTS) is 1. The molecule has 1 aromatic heterocycles. The van der Waals surface area contributed by atoms with Crippen LogP contribution in [0.2, 0.25) is 5.02 Å². The molecule has 1 atom stereocenters. The van der Waals surface area contributed by atoms with Crippen molar-refractivity contribution in [1.29, 1.82) is 0 Å². The average Bonchev–Trinajstić information content (AvgIpc) is 2.59. The number of halogens is 2. The molecule has 0 fully saturated rings. The van der Waals surface area contributed by atoms with Gasteiger partial charge in [0.25, 0.3) is 0 Å². The number of rotatable bonds is 4. The molecule has 3 aromatic rings. The van der Waals surface area contributed by atoms with Crippen LogP contribution in [0.25, 0.3) is 10.9 Å². The van der Waals surface area contributed by atoms with Crippen molar-refractivity contribution in [3.05, 3.63) is 64.4 Å². The molecule has 2 aromatic carbocycles. The molecule has 1 unspecified atom stereocenters. The van der Waals surface area contributed by atoms with Gasteiger partial charge in [0.15, 0.2) is 0 Å². The standard InChI is InChI=1S/C19H16ClFN2O3/c1-10-3-4-12-6-8-16(23-18(12)17(10)20)22-15-7-5-13(9-14(15)21)11(2)26-19(24)25/h3-9,11H,1-2H3,(H,22,23)(H,24,25). The zero-order valence-electron chi connectivity index (χ0n) is 14.1. The molecule has 1 heterocycles. The van der Waals surface area contributed by atoms with Crippen molar-refractivity contribution < 1.29 is 19.0 Å². The molecule has 0 amide bonds. The molecule has 0 bridgehead atoms. The minimum absolute atomic E-state index is 0.215. The number of pyridine rings is 1. The number of anilines is 2. The van der Waals surface area contributed by atoms with Crippen molar-refractivity contribution in [2.45, 2.75) is 20.0 Å². The van der Waals surface area contributed by atoms with Crippen molar-refractivity contribution in [3.63, 3.8) is 0 Å². The van der Waals surface area contributed by atoms with Gasteiger partial charge in [-0.15, -0.1) is 0 Å². The third-order valence-electron chi connectivity index (χ3n) is 4.00. The monoisotopic (exact) mass is 374 g/mol. The van der Waals surface area contributed by atoms with Crippen LogP contribution >= 0.6 is 11.6 Å². The topological polar surface area (TPSA) is 71.5 Å². The zero-order chi connectivity index (χ0) is 18.8. The fourth-order valence-electron chi connectivity index (χ4n) is 2.57. The number of hydrogen-bond donors (Lipinski definition) is 2. The van der Waals surface area contributed by atoms with E-state index in [1.807, 2.05) is 25.1 Å². The van der Waals surface area contributed by atoms with Crippen LogP contribution in [-0.4, -0.2) is 16.2 Å². The third kappa shape index (κ3) is 3.70. The molecule has 0 aliphatic rings. The van der Waals surface area contributed by atoms with Crippen molar-refractivity contribution in [2.75, 3.05) is 5.32 Å². The summed E-state index contributed by atoms with van der Waals surface area (Å²) in [6.45, 7) is 3.42. The second-order valence-corrected chi connectivity index (χ2v) is 6.23. The van der Waals surface area contributed by atoms with E-state index in [1.165, 1.54) is 19.1 Å². The molecule has 134 valence electrons. The summed E-state index contributed by atoms with van der Waals surface area (Å²) < 4.78 is 19.0. The predicted octanol–water partition coefficient (Wildman–Crippen LogP) is 5.83. The number of hydrogen-bond acceptors (Lipinski definition) is 4. The first-order chi connectivity index (χ1) is 12.3. The SMILES string of the molecule is Cc1ccc2ccc(Nc3ccc(C(C)OC(=O)O)cc3F)nc2c1Cl. The van der Waals surface area contributed by atoms with Crippen molar-refractivity contribution >= 4 is 40.2 Å². The normalized spacial score (nSPS) is 12.0. The van der Waals surface area contributed by atoms with Crippen LogP contribution in [0.1, 0.15) is 24.2 Å².